The minimum atomic E-state index is -0.346. The predicted octanol–water partition coefficient (Wildman–Crippen LogP) is 4.17. The zero-order valence-corrected chi connectivity index (χ0v) is 12.7. The van der Waals surface area contributed by atoms with Crippen LogP contribution in [0.2, 0.25) is 5.15 Å². The monoisotopic (exact) mass is 325 g/mol. The Kier molecular flexibility index (Phi) is 4.49. The molecule has 3 rings (SSSR count). The summed E-state index contributed by atoms with van der Waals surface area (Å²) in [5.74, 6) is 0.786. The molecule has 0 spiro atoms. The molecular weight excluding hydrogens is 314 g/mol. The molecule has 0 bridgehead atoms. The average Bonchev–Trinajstić information content (AvgIpc) is 2.58. The third-order valence-electron chi connectivity index (χ3n) is 2.96. The summed E-state index contributed by atoms with van der Waals surface area (Å²) in [5.41, 5.74) is 0.842. The number of ether oxygens (including phenoxy) is 1. The van der Waals surface area contributed by atoms with Crippen LogP contribution in [0.4, 0.5) is 5.69 Å². The Morgan fingerprint density at radius 1 is 1.00 bits per heavy atom. The molecule has 6 heteroatoms. The molecule has 0 aliphatic carbocycles. The van der Waals surface area contributed by atoms with Gasteiger partial charge in [-0.25, -0.2) is 9.97 Å². The molecule has 0 fully saturated rings. The summed E-state index contributed by atoms with van der Waals surface area (Å²) in [6.45, 7) is 0. The fourth-order valence-corrected chi connectivity index (χ4v) is 2.08. The molecule has 0 saturated carbocycles. The first kappa shape index (κ1) is 15.0. The SMILES string of the molecule is O=C(Nc1ccc(Oc2ccccc2)nc1)c1cccnc1Cl. The van der Waals surface area contributed by atoms with Crippen molar-refractivity contribution in [2.75, 3.05) is 5.32 Å². The highest BCUT2D eigenvalue weighted by Gasteiger charge is 2.11. The van der Waals surface area contributed by atoms with Crippen LogP contribution < -0.4 is 10.1 Å². The van der Waals surface area contributed by atoms with Gasteiger partial charge in [0.2, 0.25) is 5.88 Å². The van der Waals surface area contributed by atoms with E-state index in [1.807, 2.05) is 30.3 Å². The van der Waals surface area contributed by atoms with Crippen LogP contribution in [-0.2, 0) is 0 Å². The lowest BCUT2D eigenvalue weighted by Gasteiger charge is -2.07. The highest BCUT2D eigenvalue weighted by Crippen LogP contribution is 2.20. The van der Waals surface area contributed by atoms with Gasteiger partial charge in [-0.05, 0) is 30.3 Å². The summed E-state index contributed by atoms with van der Waals surface area (Å²) in [6.07, 6.45) is 3.04. The van der Waals surface area contributed by atoms with Gasteiger partial charge in [-0.1, -0.05) is 29.8 Å². The van der Waals surface area contributed by atoms with Crippen molar-refractivity contribution in [3.63, 3.8) is 0 Å². The van der Waals surface area contributed by atoms with Crippen LogP contribution >= 0.6 is 11.6 Å². The van der Waals surface area contributed by atoms with Crippen LogP contribution in [-0.4, -0.2) is 15.9 Å². The molecule has 0 saturated heterocycles. The van der Waals surface area contributed by atoms with Crippen LogP contribution in [0.1, 0.15) is 10.4 Å². The number of rotatable bonds is 4. The van der Waals surface area contributed by atoms with E-state index in [2.05, 4.69) is 15.3 Å². The number of amides is 1. The number of nitrogens with zero attached hydrogens (tertiary/aromatic N) is 2. The van der Waals surface area contributed by atoms with E-state index in [1.54, 1.807) is 24.3 Å². The van der Waals surface area contributed by atoms with E-state index in [-0.39, 0.29) is 11.1 Å². The highest BCUT2D eigenvalue weighted by molar-refractivity contribution is 6.33. The van der Waals surface area contributed by atoms with Crippen LogP contribution in [0, 0.1) is 0 Å². The van der Waals surface area contributed by atoms with Gasteiger partial charge >= 0.3 is 0 Å². The molecule has 0 unspecified atom stereocenters. The molecule has 5 nitrogen and oxygen atoms in total. The van der Waals surface area contributed by atoms with Gasteiger partial charge in [-0.3, -0.25) is 4.79 Å². The number of para-hydroxylation sites is 1. The third kappa shape index (κ3) is 3.84. The Labute approximate surface area is 137 Å². The molecule has 114 valence electrons. The number of carbonyl (C=O) groups is 1. The number of halogens is 1. The zero-order chi connectivity index (χ0) is 16.1. The van der Waals surface area contributed by atoms with Crippen molar-refractivity contribution >= 4 is 23.2 Å². The van der Waals surface area contributed by atoms with Crippen LogP contribution in [0.15, 0.2) is 67.0 Å². The number of pyridine rings is 2. The molecule has 0 atom stereocenters. The first-order valence-corrected chi connectivity index (χ1v) is 7.21. The average molecular weight is 326 g/mol. The molecule has 0 aliphatic heterocycles. The fourth-order valence-electron chi connectivity index (χ4n) is 1.88. The topological polar surface area (TPSA) is 64.1 Å². The van der Waals surface area contributed by atoms with E-state index < -0.39 is 0 Å². The molecule has 3 aromatic rings. The molecule has 1 N–H and O–H groups in total. The molecule has 0 aliphatic rings. The molecule has 1 amide bonds. The molecule has 0 radical (unpaired) electrons. The summed E-state index contributed by atoms with van der Waals surface area (Å²) in [7, 11) is 0. The van der Waals surface area contributed by atoms with Gasteiger partial charge in [0.05, 0.1) is 17.4 Å². The highest BCUT2D eigenvalue weighted by atomic mass is 35.5. The van der Waals surface area contributed by atoms with Crippen LogP contribution in [0.25, 0.3) is 0 Å². The normalized spacial score (nSPS) is 10.1. The van der Waals surface area contributed by atoms with Crippen molar-refractivity contribution in [3.05, 3.63) is 77.7 Å². The number of carbonyl (C=O) groups excluding carboxylic acids is 1. The smallest absolute Gasteiger partial charge is 0.258 e. The molecule has 2 heterocycles. The van der Waals surface area contributed by atoms with E-state index in [4.69, 9.17) is 16.3 Å². The van der Waals surface area contributed by atoms with Crippen molar-refractivity contribution in [2.24, 2.45) is 0 Å². The van der Waals surface area contributed by atoms with Gasteiger partial charge in [0.15, 0.2) is 0 Å². The number of benzene rings is 1. The Balaban J connectivity index is 1.68. The number of nitrogens with one attached hydrogen (secondary N) is 1. The number of aromatic nitrogens is 2. The van der Waals surface area contributed by atoms with Gasteiger partial charge in [0.1, 0.15) is 10.9 Å². The second kappa shape index (κ2) is 6.89. The maximum atomic E-state index is 12.1. The first-order chi connectivity index (χ1) is 11.2. The fraction of sp³-hybridized carbons (Fsp3) is 0. The van der Waals surface area contributed by atoms with Crippen molar-refractivity contribution in [3.8, 4) is 11.6 Å². The lowest BCUT2D eigenvalue weighted by atomic mass is 10.2. The van der Waals surface area contributed by atoms with E-state index >= 15 is 0 Å². The van der Waals surface area contributed by atoms with E-state index in [1.165, 1.54) is 12.4 Å². The summed E-state index contributed by atoms with van der Waals surface area (Å²) in [5, 5.41) is 2.86. The second-order valence-corrected chi connectivity index (χ2v) is 4.95. The largest absolute Gasteiger partial charge is 0.439 e. The van der Waals surface area contributed by atoms with E-state index in [0.717, 1.165) is 0 Å². The van der Waals surface area contributed by atoms with Crippen molar-refractivity contribution in [2.45, 2.75) is 0 Å². The standard InChI is InChI=1S/C17H12ClN3O2/c18-16-14(7-4-10-19-16)17(22)21-12-8-9-15(20-11-12)23-13-5-2-1-3-6-13/h1-11H,(H,21,22). The molecule has 1 aromatic carbocycles. The van der Waals surface area contributed by atoms with Gasteiger partial charge in [-0.15, -0.1) is 0 Å². The van der Waals surface area contributed by atoms with Crippen molar-refractivity contribution in [1.29, 1.82) is 0 Å². The molecule has 2 aromatic heterocycles. The number of hydrogen-bond donors (Lipinski definition) is 1. The van der Waals surface area contributed by atoms with Gasteiger partial charge < -0.3 is 10.1 Å². The molecule has 23 heavy (non-hydrogen) atoms. The van der Waals surface area contributed by atoms with Gasteiger partial charge in [0, 0.05) is 12.3 Å². The summed E-state index contributed by atoms with van der Waals surface area (Å²) < 4.78 is 5.59. The maximum absolute atomic E-state index is 12.1. The Morgan fingerprint density at radius 3 is 2.52 bits per heavy atom. The zero-order valence-electron chi connectivity index (χ0n) is 11.9. The Morgan fingerprint density at radius 2 is 1.83 bits per heavy atom. The van der Waals surface area contributed by atoms with E-state index in [0.29, 0.717) is 22.9 Å². The van der Waals surface area contributed by atoms with Gasteiger partial charge in [-0.2, -0.15) is 0 Å². The lowest BCUT2D eigenvalue weighted by Crippen LogP contribution is -2.13. The minimum absolute atomic E-state index is 0.155. The van der Waals surface area contributed by atoms with E-state index in [9.17, 15) is 4.79 Å². The second-order valence-electron chi connectivity index (χ2n) is 4.60. The maximum Gasteiger partial charge on any atom is 0.258 e. The lowest BCUT2D eigenvalue weighted by molar-refractivity contribution is 0.102. The Bertz CT molecular complexity index is 808. The Hall–Kier alpha value is -2.92. The van der Waals surface area contributed by atoms with Crippen molar-refractivity contribution in [1.82, 2.24) is 9.97 Å². The molecular formula is C17H12ClN3O2. The number of anilines is 1. The van der Waals surface area contributed by atoms with Crippen LogP contribution in [0.3, 0.4) is 0 Å². The minimum Gasteiger partial charge on any atom is -0.439 e. The summed E-state index contributed by atoms with van der Waals surface area (Å²) in [6, 6.07) is 16.0. The van der Waals surface area contributed by atoms with Crippen LogP contribution in [0.5, 0.6) is 11.6 Å². The first-order valence-electron chi connectivity index (χ1n) is 6.83. The quantitative estimate of drug-likeness (QED) is 0.731. The predicted molar refractivity (Wildman–Crippen MR) is 88.0 cm³/mol. The summed E-state index contributed by atoms with van der Waals surface area (Å²) >= 11 is 5.89. The van der Waals surface area contributed by atoms with Gasteiger partial charge in [0.25, 0.3) is 5.91 Å². The number of hydrogen-bond acceptors (Lipinski definition) is 4. The van der Waals surface area contributed by atoms with Crippen molar-refractivity contribution < 1.29 is 9.53 Å². The third-order valence-corrected chi connectivity index (χ3v) is 3.26. The summed E-state index contributed by atoms with van der Waals surface area (Å²) in [4.78, 5) is 20.1.